The van der Waals surface area contributed by atoms with Crippen LogP contribution in [0, 0.1) is 17.6 Å². The van der Waals surface area contributed by atoms with Gasteiger partial charge >= 0.3 is 0 Å². The van der Waals surface area contributed by atoms with Crippen molar-refractivity contribution in [1.82, 2.24) is 24.9 Å². The summed E-state index contributed by atoms with van der Waals surface area (Å²) in [4.78, 5) is 17.5. The van der Waals surface area contributed by atoms with Gasteiger partial charge in [0.2, 0.25) is 6.41 Å². The third-order valence-electron chi connectivity index (χ3n) is 9.51. The summed E-state index contributed by atoms with van der Waals surface area (Å²) in [7, 11) is 3.52. The number of carbonyl (C=O) groups is 1. The van der Waals surface area contributed by atoms with Crippen LogP contribution in [0.15, 0.2) is 30.6 Å². The Morgan fingerprint density at radius 1 is 1.12 bits per heavy atom. The summed E-state index contributed by atoms with van der Waals surface area (Å²) in [6, 6.07) is 1.94. The lowest BCUT2D eigenvalue weighted by Gasteiger charge is -2.37. The summed E-state index contributed by atoms with van der Waals surface area (Å²) in [5, 5.41) is 7.52. The summed E-state index contributed by atoms with van der Waals surface area (Å²) in [6.45, 7) is 12.6. The van der Waals surface area contributed by atoms with Crippen molar-refractivity contribution in [2.75, 3.05) is 44.7 Å². The van der Waals surface area contributed by atoms with Crippen molar-refractivity contribution in [3.8, 4) is 0 Å². The van der Waals surface area contributed by atoms with Crippen molar-refractivity contribution in [3.63, 3.8) is 0 Å². The molecule has 40 heavy (non-hydrogen) atoms. The molecule has 7 nitrogen and oxygen atoms in total. The van der Waals surface area contributed by atoms with E-state index < -0.39 is 11.6 Å². The molecule has 3 fully saturated rings. The smallest absolute Gasteiger partial charge is 0.211 e. The molecule has 0 radical (unpaired) electrons. The Labute approximate surface area is 236 Å². The van der Waals surface area contributed by atoms with Gasteiger partial charge in [0.1, 0.15) is 11.3 Å². The Bertz CT molecular complexity index is 1240. The number of benzene rings is 1. The molecule has 0 unspecified atom stereocenters. The van der Waals surface area contributed by atoms with E-state index in [0.717, 1.165) is 45.4 Å². The van der Waals surface area contributed by atoms with Gasteiger partial charge in [-0.1, -0.05) is 32.4 Å². The van der Waals surface area contributed by atoms with E-state index in [1.165, 1.54) is 48.5 Å². The number of likely N-dealkylation sites (tertiary alicyclic amines) is 2. The minimum Gasteiger partial charge on any atom is -0.373 e. The summed E-state index contributed by atoms with van der Waals surface area (Å²) >= 11 is 0. The first kappa shape index (κ1) is 28.6. The number of carbonyl (C=O) groups excluding carboxylic acids is 1. The average molecular weight is 555 g/mol. The van der Waals surface area contributed by atoms with Crippen LogP contribution in [0.25, 0.3) is 10.9 Å². The number of rotatable bonds is 10. The van der Waals surface area contributed by atoms with Crippen LogP contribution < -0.4 is 10.2 Å². The van der Waals surface area contributed by atoms with Gasteiger partial charge < -0.3 is 15.1 Å². The van der Waals surface area contributed by atoms with Crippen molar-refractivity contribution in [2.24, 2.45) is 13.0 Å². The molecule has 1 aliphatic carbocycles. The molecule has 2 aliphatic heterocycles. The first-order valence-electron chi connectivity index (χ1n) is 14.9. The Kier molecular flexibility index (Phi) is 8.78. The van der Waals surface area contributed by atoms with Gasteiger partial charge in [0.05, 0.1) is 5.39 Å². The molecule has 2 saturated heterocycles. The number of hydrogen-bond acceptors (Lipinski definition) is 5. The maximum atomic E-state index is 16.0. The topological polar surface area (TPSA) is 56.6 Å². The maximum Gasteiger partial charge on any atom is 0.211 e. The standard InChI is InChI=1S/C31H44F2N6O/c1-21(34-20-40)10-14-36(3)31-26-18-27(32)28(29(33)30(26)37(4)35-31)24-11-15-38(16-12-24)25-13-17-39(19-25)22(2)23-8-6-5-7-9-23/h18,20,23-25H,1-2,5-17,19H2,3-4H3,(H,34,40)/t25-/m0/s1. The van der Waals surface area contributed by atoms with Crippen LogP contribution in [0.2, 0.25) is 0 Å². The van der Waals surface area contributed by atoms with Crippen LogP contribution in [0.3, 0.4) is 0 Å². The molecule has 2 aromatic rings. The fraction of sp³-hybridized carbons (Fsp3) is 0.613. The summed E-state index contributed by atoms with van der Waals surface area (Å²) < 4.78 is 33.0. The van der Waals surface area contributed by atoms with Crippen molar-refractivity contribution in [2.45, 2.75) is 69.7 Å². The summed E-state index contributed by atoms with van der Waals surface area (Å²) in [5.41, 5.74) is 2.44. The maximum absolute atomic E-state index is 16.0. The van der Waals surface area contributed by atoms with Crippen molar-refractivity contribution >= 4 is 23.1 Å². The normalized spacial score (nSPS) is 21.2. The first-order chi connectivity index (χ1) is 19.3. The van der Waals surface area contributed by atoms with E-state index in [-0.39, 0.29) is 11.5 Å². The predicted octanol–water partition coefficient (Wildman–Crippen LogP) is 5.29. The minimum atomic E-state index is -0.494. The number of nitrogens with zero attached hydrogens (tertiary/aromatic N) is 5. The third kappa shape index (κ3) is 5.76. The lowest BCUT2D eigenvalue weighted by atomic mass is 9.87. The predicted molar refractivity (Wildman–Crippen MR) is 156 cm³/mol. The van der Waals surface area contributed by atoms with Gasteiger partial charge in [-0.15, -0.1) is 0 Å². The van der Waals surface area contributed by atoms with Crippen LogP contribution in [-0.2, 0) is 11.8 Å². The molecular formula is C31H44F2N6O. The molecule has 1 aromatic heterocycles. The highest BCUT2D eigenvalue weighted by molar-refractivity contribution is 5.91. The SMILES string of the molecule is C=C(CCN(C)c1nn(C)c2c(F)c(C3CCN([C@H]4CCN(C(=C)C5CCCCC5)C4)CC3)c(F)cc12)NC=O. The quantitative estimate of drug-likeness (QED) is 0.405. The molecule has 0 spiro atoms. The summed E-state index contributed by atoms with van der Waals surface area (Å²) in [6.07, 6.45) is 10.3. The minimum absolute atomic E-state index is 0.149. The third-order valence-corrected chi connectivity index (χ3v) is 9.51. The number of aromatic nitrogens is 2. The second-order valence-corrected chi connectivity index (χ2v) is 12.0. The molecule has 9 heteroatoms. The van der Waals surface area contributed by atoms with Gasteiger partial charge in [0.25, 0.3) is 0 Å². The second kappa shape index (κ2) is 12.3. The fourth-order valence-electron chi connectivity index (χ4n) is 7.12. The Morgan fingerprint density at radius 2 is 1.85 bits per heavy atom. The number of anilines is 1. The number of halogens is 2. The van der Waals surface area contributed by atoms with E-state index in [1.54, 1.807) is 7.05 Å². The molecule has 1 saturated carbocycles. The zero-order valence-corrected chi connectivity index (χ0v) is 24.1. The largest absolute Gasteiger partial charge is 0.373 e. The Morgan fingerprint density at radius 3 is 2.55 bits per heavy atom. The van der Waals surface area contributed by atoms with Crippen LogP contribution in [-0.4, -0.2) is 71.8 Å². The van der Waals surface area contributed by atoms with Gasteiger partial charge in [0, 0.05) is 63.1 Å². The van der Waals surface area contributed by atoms with Gasteiger partial charge in [-0.3, -0.25) is 14.4 Å². The molecule has 1 amide bonds. The molecule has 5 rings (SSSR count). The lowest BCUT2D eigenvalue weighted by molar-refractivity contribution is -0.108. The number of hydrogen-bond donors (Lipinski definition) is 1. The molecule has 1 atom stereocenters. The zero-order valence-electron chi connectivity index (χ0n) is 24.1. The van der Waals surface area contributed by atoms with Crippen molar-refractivity contribution < 1.29 is 13.6 Å². The van der Waals surface area contributed by atoms with Crippen LogP contribution in [0.5, 0.6) is 0 Å². The number of allylic oxidation sites excluding steroid dienone is 1. The Hall–Kier alpha value is -2.94. The molecule has 1 aromatic carbocycles. The average Bonchev–Trinajstić information content (AvgIpc) is 3.57. The van der Waals surface area contributed by atoms with Crippen LogP contribution in [0.4, 0.5) is 14.6 Å². The highest BCUT2D eigenvalue weighted by atomic mass is 19.1. The molecule has 1 N–H and O–H groups in total. The van der Waals surface area contributed by atoms with Gasteiger partial charge in [-0.25, -0.2) is 8.78 Å². The van der Waals surface area contributed by atoms with Crippen molar-refractivity contribution in [3.05, 3.63) is 47.8 Å². The zero-order chi connectivity index (χ0) is 28.4. The number of nitrogens with one attached hydrogen (secondary N) is 1. The summed E-state index contributed by atoms with van der Waals surface area (Å²) in [5.74, 6) is 0.0191. The molecule has 3 heterocycles. The van der Waals surface area contributed by atoms with E-state index in [0.29, 0.717) is 53.8 Å². The molecule has 218 valence electrons. The van der Waals surface area contributed by atoms with E-state index in [9.17, 15) is 4.79 Å². The number of fused-ring (bicyclic) bond motifs is 1. The Balaban J connectivity index is 1.24. The van der Waals surface area contributed by atoms with Gasteiger partial charge in [0.15, 0.2) is 11.6 Å². The number of piperidine rings is 1. The fourth-order valence-corrected chi connectivity index (χ4v) is 7.12. The lowest BCUT2D eigenvalue weighted by Crippen LogP contribution is -2.42. The highest BCUT2D eigenvalue weighted by Gasteiger charge is 2.35. The molecule has 0 bridgehead atoms. The monoisotopic (exact) mass is 554 g/mol. The number of amides is 1. The van der Waals surface area contributed by atoms with Gasteiger partial charge in [-0.2, -0.15) is 5.10 Å². The second-order valence-electron chi connectivity index (χ2n) is 12.0. The molecular weight excluding hydrogens is 510 g/mol. The molecule has 3 aliphatic rings. The highest BCUT2D eigenvalue weighted by Crippen LogP contribution is 2.39. The number of aryl methyl sites for hydroxylation is 1. The van der Waals surface area contributed by atoms with E-state index >= 15 is 8.78 Å². The first-order valence-corrected chi connectivity index (χ1v) is 14.9. The van der Waals surface area contributed by atoms with Crippen LogP contribution >= 0.6 is 0 Å². The van der Waals surface area contributed by atoms with E-state index in [1.807, 2.05) is 11.9 Å². The van der Waals surface area contributed by atoms with Crippen molar-refractivity contribution in [1.29, 1.82) is 0 Å². The van der Waals surface area contributed by atoms with Gasteiger partial charge in [-0.05, 0) is 63.1 Å². The van der Waals surface area contributed by atoms with E-state index in [2.05, 4.69) is 33.4 Å². The van der Waals surface area contributed by atoms with Crippen LogP contribution in [0.1, 0.15) is 69.3 Å². The van der Waals surface area contributed by atoms with E-state index in [4.69, 9.17) is 0 Å².